The molecule has 180 valence electrons. The molecule has 10 N–H and O–H groups in total. The predicted molar refractivity (Wildman–Crippen MR) is 117 cm³/mol. The quantitative estimate of drug-likeness (QED) is 0.167. The van der Waals surface area contributed by atoms with Crippen LogP contribution in [0.4, 0.5) is 5.69 Å². The molecule has 0 saturated heterocycles. The highest BCUT2D eigenvalue weighted by Gasteiger charge is 2.35. The van der Waals surface area contributed by atoms with Crippen molar-refractivity contribution in [3.05, 3.63) is 29.8 Å². The molecule has 3 amide bonds. The summed E-state index contributed by atoms with van der Waals surface area (Å²) in [6.45, 7) is 3.72. The van der Waals surface area contributed by atoms with Gasteiger partial charge in [0.05, 0.1) is 6.04 Å². The number of amides is 3. The summed E-state index contributed by atoms with van der Waals surface area (Å²) >= 11 is 0. The van der Waals surface area contributed by atoms with Crippen molar-refractivity contribution in [2.24, 2.45) is 17.4 Å². The highest BCUT2D eigenvalue weighted by Crippen LogP contribution is 2.18. The molecule has 0 aliphatic rings. The summed E-state index contributed by atoms with van der Waals surface area (Å²) in [7, 11) is 0. The van der Waals surface area contributed by atoms with Gasteiger partial charge in [0, 0.05) is 12.1 Å². The number of nitrogens with two attached hydrogens (primary N) is 2. The van der Waals surface area contributed by atoms with E-state index in [2.05, 4.69) is 10.6 Å². The molecule has 0 aliphatic carbocycles. The van der Waals surface area contributed by atoms with E-state index < -0.39 is 41.9 Å². The van der Waals surface area contributed by atoms with Crippen molar-refractivity contribution in [3.63, 3.8) is 0 Å². The average molecular weight is 455 g/mol. The number of aryl methyl sites for hydroxylation is 1. The molecule has 1 rings (SSSR count). The average Bonchev–Trinajstić information content (AvgIpc) is 2.68. The SMILES string of the molecule is CC(C)C[C@H](N)C(=O)NC(CCC(O)C(=O)Nc1ccccc1CCC(N)=O)C(O)(O)O. The largest absolute Gasteiger partial charge is 0.383 e. The molecule has 1 aromatic rings. The number of anilines is 1. The van der Waals surface area contributed by atoms with E-state index in [1.165, 1.54) is 0 Å². The van der Waals surface area contributed by atoms with Gasteiger partial charge in [0.25, 0.3) is 11.9 Å². The Hall–Kier alpha value is -2.57. The third-order valence-corrected chi connectivity index (χ3v) is 4.79. The molecule has 0 aromatic heterocycles. The van der Waals surface area contributed by atoms with Crippen LogP contribution in [-0.2, 0) is 20.8 Å². The maximum absolute atomic E-state index is 12.4. The summed E-state index contributed by atoms with van der Waals surface area (Å²) in [4.78, 5) is 35.5. The lowest BCUT2D eigenvalue weighted by Crippen LogP contribution is -2.56. The first-order valence-corrected chi connectivity index (χ1v) is 10.4. The van der Waals surface area contributed by atoms with Crippen molar-refractivity contribution < 1.29 is 34.8 Å². The first kappa shape index (κ1) is 27.5. The summed E-state index contributed by atoms with van der Waals surface area (Å²) in [6.07, 6.45) is -1.49. The summed E-state index contributed by atoms with van der Waals surface area (Å²) in [6, 6.07) is 4.18. The van der Waals surface area contributed by atoms with Gasteiger partial charge in [0.2, 0.25) is 11.8 Å². The van der Waals surface area contributed by atoms with Crippen LogP contribution in [-0.4, -0.2) is 62.3 Å². The van der Waals surface area contributed by atoms with Gasteiger partial charge < -0.3 is 42.5 Å². The summed E-state index contributed by atoms with van der Waals surface area (Å²) in [5.41, 5.74) is 12.0. The third kappa shape index (κ3) is 9.71. The number of benzene rings is 1. The number of hydrogen-bond acceptors (Lipinski definition) is 8. The Morgan fingerprint density at radius 2 is 1.69 bits per heavy atom. The number of para-hydroxylation sites is 1. The third-order valence-electron chi connectivity index (χ3n) is 4.79. The van der Waals surface area contributed by atoms with Crippen LogP contribution >= 0.6 is 0 Å². The molecular weight excluding hydrogens is 420 g/mol. The van der Waals surface area contributed by atoms with Crippen LogP contribution in [0.2, 0.25) is 0 Å². The van der Waals surface area contributed by atoms with Gasteiger partial charge >= 0.3 is 0 Å². The minimum atomic E-state index is -3.27. The van der Waals surface area contributed by atoms with Gasteiger partial charge in [0.15, 0.2) is 0 Å². The van der Waals surface area contributed by atoms with Gasteiger partial charge in [0.1, 0.15) is 12.1 Å². The lowest BCUT2D eigenvalue weighted by atomic mass is 10.0. The van der Waals surface area contributed by atoms with Crippen molar-refractivity contribution in [2.45, 2.75) is 70.1 Å². The zero-order valence-corrected chi connectivity index (χ0v) is 18.3. The van der Waals surface area contributed by atoms with Gasteiger partial charge in [-0.1, -0.05) is 32.0 Å². The molecule has 11 heteroatoms. The number of primary amides is 1. The zero-order valence-electron chi connectivity index (χ0n) is 18.3. The number of aliphatic hydroxyl groups is 4. The number of rotatable bonds is 13. The standard InChI is InChI=1S/C21H34N4O7/c1-12(2)11-14(22)19(28)25-17(21(30,31)32)9-8-16(26)20(29)24-15-6-4-3-5-13(15)7-10-18(23)27/h3-6,12,14,16-17,26,30-32H,7-11,22H2,1-2H3,(H2,23,27)(H,24,29)(H,25,28)/t14-,16?,17?/m0/s1. The predicted octanol–water partition coefficient (Wildman–Crippen LogP) is -1.33. The Labute approximate surface area is 186 Å². The Morgan fingerprint density at radius 3 is 2.25 bits per heavy atom. The van der Waals surface area contributed by atoms with Crippen LogP contribution in [0.25, 0.3) is 0 Å². The van der Waals surface area contributed by atoms with Gasteiger partial charge in [-0.25, -0.2) is 0 Å². The second-order valence-electron chi connectivity index (χ2n) is 8.19. The first-order chi connectivity index (χ1) is 14.8. The second-order valence-corrected chi connectivity index (χ2v) is 8.19. The van der Waals surface area contributed by atoms with Gasteiger partial charge in [-0.2, -0.15) is 0 Å². The number of carbonyl (C=O) groups excluding carboxylic acids is 3. The van der Waals surface area contributed by atoms with Gasteiger partial charge in [-0.15, -0.1) is 0 Å². The minimum absolute atomic E-state index is 0.0847. The highest BCUT2D eigenvalue weighted by molar-refractivity contribution is 5.94. The highest BCUT2D eigenvalue weighted by atomic mass is 16.7. The number of nitrogens with one attached hydrogen (secondary N) is 2. The molecule has 3 atom stereocenters. The summed E-state index contributed by atoms with van der Waals surface area (Å²) in [5, 5.41) is 43.6. The Morgan fingerprint density at radius 1 is 1.06 bits per heavy atom. The molecule has 11 nitrogen and oxygen atoms in total. The zero-order chi connectivity index (χ0) is 24.5. The lowest BCUT2D eigenvalue weighted by molar-refractivity contribution is -0.327. The summed E-state index contributed by atoms with van der Waals surface area (Å²) < 4.78 is 0. The molecule has 2 unspecified atom stereocenters. The Kier molecular flexibility index (Phi) is 10.7. The Bertz CT molecular complexity index is 780. The van der Waals surface area contributed by atoms with Gasteiger partial charge in [-0.05, 0) is 43.2 Å². The molecule has 32 heavy (non-hydrogen) atoms. The van der Waals surface area contributed by atoms with Crippen LogP contribution in [0.1, 0.15) is 45.1 Å². The number of aliphatic hydroxyl groups excluding tert-OH is 1. The molecule has 0 heterocycles. The van der Waals surface area contributed by atoms with Crippen LogP contribution in [0.3, 0.4) is 0 Å². The van der Waals surface area contributed by atoms with Crippen molar-refractivity contribution >= 4 is 23.4 Å². The summed E-state index contributed by atoms with van der Waals surface area (Å²) in [5.74, 6) is -5.13. The number of hydrogen-bond donors (Lipinski definition) is 8. The second kappa shape index (κ2) is 12.5. The maximum atomic E-state index is 12.4. The topological polar surface area (TPSA) is 208 Å². The van der Waals surface area contributed by atoms with Crippen molar-refractivity contribution in [1.82, 2.24) is 5.32 Å². The van der Waals surface area contributed by atoms with E-state index in [0.29, 0.717) is 24.1 Å². The van der Waals surface area contributed by atoms with Crippen LogP contribution in [0.15, 0.2) is 24.3 Å². The Balaban J connectivity index is 2.73. The fourth-order valence-electron chi connectivity index (χ4n) is 3.05. The molecular formula is C21H34N4O7. The van der Waals surface area contributed by atoms with Crippen molar-refractivity contribution in [2.75, 3.05) is 5.32 Å². The van der Waals surface area contributed by atoms with Crippen molar-refractivity contribution in [3.8, 4) is 0 Å². The van der Waals surface area contributed by atoms with Crippen molar-refractivity contribution in [1.29, 1.82) is 0 Å². The van der Waals surface area contributed by atoms with E-state index in [9.17, 15) is 34.8 Å². The van der Waals surface area contributed by atoms with Gasteiger partial charge in [-0.3, -0.25) is 14.4 Å². The molecule has 0 bridgehead atoms. The minimum Gasteiger partial charge on any atom is -0.383 e. The fourth-order valence-corrected chi connectivity index (χ4v) is 3.05. The number of carbonyl (C=O) groups is 3. The van der Waals surface area contributed by atoms with E-state index >= 15 is 0 Å². The van der Waals surface area contributed by atoms with E-state index in [1.807, 2.05) is 13.8 Å². The maximum Gasteiger partial charge on any atom is 0.296 e. The van der Waals surface area contributed by atoms with E-state index in [4.69, 9.17) is 11.5 Å². The smallest absolute Gasteiger partial charge is 0.296 e. The molecule has 0 fully saturated rings. The monoisotopic (exact) mass is 454 g/mol. The van der Waals surface area contributed by atoms with Crippen LogP contribution in [0.5, 0.6) is 0 Å². The fraction of sp³-hybridized carbons (Fsp3) is 0.571. The lowest BCUT2D eigenvalue weighted by Gasteiger charge is -2.28. The molecule has 1 aromatic carbocycles. The van der Waals surface area contributed by atoms with E-state index in [1.54, 1.807) is 24.3 Å². The van der Waals surface area contributed by atoms with Crippen LogP contribution in [0, 0.1) is 5.92 Å². The first-order valence-electron chi connectivity index (χ1n) is 10.4. The molecule has 0 spiro atoms. The van der Waals surface area contributed by atoms with E-state index in [-0.39, 0.29) is 25.2 Å². The van der Waals surface area contributed by atoms with Crippen LogP contribution < -0.4 is 22.1 Å². The normalized spacial score (nSPS) is 14.5. The molecule has 0 saturated carbocycles. The molecule has 0 aliphatic heterocycles. The van der Waals surface area contributed by atoms with E-state index in [0.717, 1.165) is 0 Å². The molecule has 0 radical (unpaired) electrons.